The second-order valence-corrected chi connectivity index (χ2v) is 7.37. The second kappa shape index (κ2) is 10.0. The van der Waals surface area contributed by atoms with Gasteiger partial charge in [0.1, 0.15) is 11.3 Å². The smallest absolute Gasteiger partial charge is 0.342 e. The van der Waals surface area contributed by atoms with Crippen molar-refractivity contribution in [2.45, 2.75) is 12.8 Å². The van der Waals surface area contributed by atoms with Gasteiger partial charge in [-0.05, 0) is 42.8 Å². The summed E-state index contributed by atoms with van der Waals surface area (Å²) in [4.78, 5) is 49.2. The molecule has 0 aliphatic carbocycles. The standard InChI is InChI=1S/C21H19BrN2O6/c22-14-7-9-15(10-8-14)23-18(25)12-29-17-5-2-1-4-16(17)21(28)30-13-20(27)24-11-3-6-19(24)26/h1-2,4-5,7-10H,3,6,11-13H2,(H,23,25). The molecular formula is C21H19BrN2O6. The van der Waals surface area contributed by atoms with E-state index >= 15 is 0 Å². The molecule has 0 atom stereocenters. The minimum Gasteiger partial charge on any atom is -0.483 e. The van der Waals surface area contributed by atoms with Crippen molar-refractivity contribution in [1.29, 1.82) is 0 Å². The molecule has 0 bridgehead atoms. The van der Waals surface area contributed by atoms with Crippen LogP contribution in [0, 0.1) is 0 Å². The SMILES string of the molecule is O=C(COc1ccccc1C(=O)OCC(=O)N1CCCC1=O)Nc1ccc(Br)cc1. The highest BCUT2D eigenvalue weighted by Crippen LogP contribution is 2.20. The van der Waals surface area contributed by atoms with Crippen molar-refractivity contribution in [3.63, 3.8) is 0 Å². The monoisotopic (exact) mass is 474 g/mol. The Hall–Kier alpha value is -3.20. The van der Waals surface area contributed by atoms with E-state index < -0.39 is 24.4 Å². The number of benzene rings is 2. The molecule has 2 aromatic rings. The minimum absolute atomic E-state index is 0.0782. The Kier molecular flexibility index (Phi) is 7.18. The molecule has 1 heterocycles. The Morgan fingerprint density at radius 3 is 2.47 bits per heavy atom. The van der Waals surface area contributed by atoms with Crippen molar-refractivity contribution in [2.75, 3.05) is 25.1 Å². The number of para-hydroxylation sites is 1. The Morgan fingerprint density at radius 2 is 1.77 bits per heavy atom. The van der Waals surface area contributed by atoms with E-state index in [2.05, 4.69) is 21.2 Å². The maximum atomic E-state index is 12.4. The number of rotatable bonds is 7. The van der Waals surface area contributed by atoms with Gasteiger partial charge in [-0.1, -0.05) is 28.1 Å². The summed E-state index contributed by atoms with van der Waals surface area (Å²) < 4.78 is 11.4. The average Bonchev–Trinajstić information content (AvgIpc) is 3.18. The lowest BCUT2D eigenvalue weighted by Gasteiger charge is -2.14. The fourth-order valence-corrected chi connectivity index (χ4v) is 3.09. The molecule has 2 aromatic carbocycles. The van der Waals surface area contributed by atoms with Crippen LogP contribution in [0.4, 0.5) is 5.69 Å². The number of esters is 1. The molecule has 1 saturated heterocycles. The number of ether oxygens (including phenoxy) is 2. The Balaban J connectivity index is 1.54. The number of likely N-dealkylation sites (tertiary alicyclic amines) is 1. The summed E-state index contributed by atoms with van der Waals surface area (Å²) >= 11 is 3.32. The van der Waals surface area contributed by atoms with Gasteiger partial charge >= 0.3 is 5.97 Å². The van der Waals surface area contributed by atoms with Gasteiger partial charge < -0.3 is 14.8 Å². The predicted molar refractivity (Wildman–Crippen MR) is 111 cm³/mol. The Morgan fingerprint density at radius 1 is 1.03 bits per heavy atom. The number of anilines is 1. The summed E-state index contributed by atoms with van der Waals surface area (Å²) in [5.41, 5.74) is 0.684. The molecule has 30 heavy (non-hydrogen) atoms. The third-order valence-electron chi connectivity index (χ3n) is 4.29. The zero-order valence-corrected chi connectivity index (χ0v) is 17.5. The predicted octanol–water partition coefficient (Wildman–Crippen LogP) is 2.77. The first-order valence-corrected chi connectivity index (χ1v) is 10.0. The summed E-state index contributed by atoms with van der Waals surface area (Å²) in [6.45, 7) is -0.521. The van der Waals surface area contributed by atoms with Crippen molar-refractivity contribution in [3.8, 4) is 5.75 Å². The van der Waals surface area contributed by atoms with E-state index in [-0.39, 0.29) is 23.8 Å². The quantitative estimate of drug-likeness (QED) is 0.619. The lowest BCUT2D eigenvalue weighted by molar-refractivity contribution is -0.143. The Labute approximate surface area is 181 Å². The van der Waals surface area contributed by atoms with Crippen molar-refractivity contribution in [1.82, 2.24) is 4.90 Å². The molecule has 3 amide bonds. The van der Waals surface area contributed by atoms with E-state index in [9.17, 15) is 19.2 Å². The van der Waals surface area contributed by atoms with Gasteiger partial charge in [0.25, 0.3) is 11.8 Å². The van der Waals surface area contributed by atoms with Crippen molar-refractivity contribution < 1.29 is 28.7 Å². The molecule has 0 aromatic heterocycles. The molecule has 0 unspecified atom stereocenters. The first-order valence-electron chi connectivity index (χ1n) is 9.21. The topological polar surface area (TPSA) is 102 Å². The molecule has 1 aliphatic heterocycles. The number of amides is 3. The van der Waals surface area contributed by atoms with Crippen LogP contribution in [0.3, 0.4) is 0 Å². The number of nitrogens with zero attached hydrogens (tertiary/aromatic N) is 1. The van der Waals surface area contributed by atoms with Gasteiger partial charge in [0.05, 0.1) is 0 Å². The van der Waals surface area contributed by atoms with Gasteiger partial charge in [-0.2, -0.15) is 0 Å². The molecule has 0 radical (unpaired) electrons. The number of nitrogens with one attached hydrogen (secondary N) is 1. The largest absolute Gasteiger partial charge is 0.483 e. The van der Waals surface area contributed by atoms with Gasteiger partial charge in [0.2, 0.25) is 5.91 Å². The number of carbonyl (C=O) groups excluding carboxylic acids is 4. The zero-order valence-electron chi connectivity index (χ0n) is 15.9. The highest BCUT2D eigenvalue weighted by Gasteiger charge is 2.27. The third kappa shape index (κ3) is 5.66. The molecule has 156 valence electrons. The highest BCUT2D eigenvalue weighted by atomic mass is 79.9. The van der Waals surface area contributed by atoms with Crippen molar-refractivity contribution in [3.05, 3.63) is 58.6 Å². The maximum absolute atomic E-state index is 12.4. The number of halogens is 1. The molecular weight excluding hydrogens is 456 g/mol. The molecule has 1 fully saturated rings. The Bertz CT molecular complexity index is 960. The molecule has 9 heteroatoms. The molecule has 0 saturated carbocycles. The fraction of sp³-hybridized carbons (Fsp3) is 0.238. The molecule has 8 nitrogen and oxygen atoms in total. The van der Waals surface area contributed by atoms with Crippen LogP contribution < -0.4 is 10.1 Å². The van der Waals surface area contributed by atoms with Crippen LogP contribution in [0.15, 0.2) is 53.0 Å². The zero-order chi connectivity index (χ0) is 21.5. The van der Waals surface area contributed by atoms with Crippen molar-refractivity contribution >= 4 is 45.3 Å². The number of hydrogen-bond acceptors (Lipinski definition) is 6. The second-order valence-electron chi connectivity index (χ2n) is 6.46. The van der Waals surface area contributed by atoms with Crippen LogP contribution in [0.25, 0.3) is 0 Å². The summed E-state index contributed by atoms with van der Waals surface area (Å²) in [5.74, 6) is -1.85. The fourth-order valence-electron chi connectivity index (χ4n) is 2.83. The van der Waals surface area contributed by atoms with Gasteiger partial charge in [-0.3, -0.25) is 19.3 Å². The van der Waals surface area contributed by atoms with Crippen LogP contribution in [-0.4, -0.2) is 48.3 Å². The maximum Gasteiger partial charge on any atom is 0.342 e. The third-order valence-corrected chi connectivity index (χ3v) is 4.82. The van der Waals surface area contributed by atoms with Crippen LogP contribution in [-0.2, 0) is 19.1 Å². The van der Waals surface area contributed by atoms with Gasteiger partial charge in [-0.15, -0.1) is 0 Å². The number of imide groups is 1. The normalized spacial score (nSPS) is 13.1. The molecule has 1 N–H and O–H groups in total. The van der Waals surface area contributed by atoms with Crippen LogP contribution in [0.5, 0.6) is 5.75 Å². The molecule has 1 aliphatic rings. The minimum atomic E-state index is -0.779. The lowest BCUT2D eigenvalue weighted by Crippen LogP contribution is -2.35. The first kappa shape index (κ1) is 21.5. The number of hydrogen-bond donors (Lipinski definition) is 1. The van der Waals surface area contributed by atoms with Crippen molar-refractivity contribution in [2.24, 2.45) is 0 Å². The summed E-state index contributed by atoms with van der Waals surface area (Å²) in [6, 6.07) is 13.3. The van der Waals surface area contributed by atoms with E-state index in [0.717, 1.165) is 9.37 Å². The van der Waals surface area contributed by atoms with Gasteiger partial charge in [-0.25, -0.2) is 4.79 Å². The average molecular weight is 475 g/mol. The van der Waals surface area contributed by atoms with Crippen LogP contribution in [0.1, 0.15) is 23.2 Å². The van der Waals surface area contributed by atoms with Crippen LogP contribution in [0.2, 0.25) is 0 Å². The summed E-state index contributed by atoms with van der Waals surface area (Å²) in [5, 5.41) is 2.68. The first-order chi connectivity index (χ1) is 14.4. The summed E-state index contributed by atoms with van der Waals surface area (Å²) in [7, 11) is 0. The van der Waals surface area contributed by atoms with E-state index in [1.807, 2.05) is 0 Å². The molecule has 0 spiro atoms. The van der Waals surface area contributed by atoms with E-state index in [4.69, 9.17) is 9.47 Å². The number of carbonyl (C=O) groups is 4. The van der Waals surface area contributed by atoms with E-state index in [1.54, 1.807) is 36.4 Å². The van der Waals surface area contributed by atoms with E-state index in [0.29, 0.717) is 25.1 Å². The van der Waals surface area contributed by atoms with E-state index in [1.165, 1.54) is 12.1 Å². The van der Waals surface area contributed by atoms with Crippen LogP contribution >= 0.6 is 15.9 Å². The molecule has 3 rings (SSSR count). The highest BCUT2D eigenvalue weighted by molar-refractivity contribution is 9.10. The van der Waals surface area contributed by atoms with Gasteiger partial charge in [0, 0.05) is 23.1 Å². The summed E-state index contributed by atoms with van der Waals surface area (Å²) in [6.07, 6.45) is 0.927. The lowest BCUT2D eigenvalue weighted by atomic mass is 10.2. The van der Waals surface area contributed by atoms with Gasteiger partial charge in [0.15, 0.2) is 13.2 Å².